The van der Waals surface area contributed by atoms with Gasteiger partial charge in [0.2, 0.25) is 0 Å². The summed E-state index contributed by atoms with van der Waals surface area (Å²) in [7, 11) is 0. The molecule has 0 spiro atoms. The Labute approximate surface area is 286 Å². The van der Waals surface area contributed by atoms with E-state index in [0.29, 0.717) is 30.3 Å². The molecule has 1 aromatic rings. The van der Waals surface area contributed by atoms with Crippen LogP contribution in [-0.4, -0.2) is 19.5 Å². The van der Waals surface area contributed by atoms with Crippen molar-refractivity contribution in [2.45, 2.75) is 194 Å². The lowest BCUT2D eigenvalue weighted by molar-refractivity contribution is 0.111. The van der Waals surface area contributed by atoms with E-state index in [2.05, 4.69) is 38.2 Å². The predicted octanol–water partition coefficient (Wildman–Crippen LogP) is 14.3. The second-order valence-corrected chi connectivity index (χ2v) is 13.4. The number of aldehydes is 1. The van der Waals surface area contributed by atoms with Crippen LogP contribution in [0.25, 0.3) is 0 Å². The summed E-state index contributed by atoms with van der Waals surface area (Å²) in [5.74, 6) is 1.33. The molecule has 1 aromatic carbocycles. The fourth-order valence-corrected chi connectivity index (χ4v) is 5.95. The Bertz CT molecular complexity index is 842. The highest BCUT2D eigenvalue weighted by Gasteiger charge is 2.11. The lowest BCUT2D eigenvalue weighted by atomic mass is 10.1. The number of hydrogen-bond donors (Lipinski definition) is 0. The lowest BCUT2D eigenvalue weighted by Gasteiger charge is -2.14. The SMILES string of the molecule is CCCCCCCC/C=C\CCCCCCCCOc1cccc(C=O)c1OCCCCCCCC/C=C\CCCCCCCC. The second kappa shape index (κ2) is 34.3. The van der Waals surface area contributed by atoms with E-state index in [-0.39, 0.29) is 0 Å². The maximum atomic E-state index is 11.7. The average Bonchev–Trinajstić information content (AvgIpc) is 3.07. The third-order valence-electron chi connectivity index (χ3n) is 8.95. The molecule has 0 heterocycles. The molecule has 0 aliphatic rings. The van der Waals surface area contributed by atoms with Gasteiger partial charge in [-0.05, 0) is 76.3 Å². The zero-order chi connectivity index (χ0) is 33.0. The zero-order valence-corrected chi connectivity index (χ0v) is 30.6. The summed E-state index contributed by atoms with van der Waals surface area (Å²) in [6.45, 7) is 5.87. The van der Waals surface area contributed by atoms with Gasteiger partial charge in [0.15, 0.2) is 17.8 Å². The van der Waals surface area contributed by atoms with Crippen LogP contribution in [0.5, 0.6) is 11.5 Å². The highest BCUT2D eigenvalue weighted by atomic mass is 16.5. The van der Waals surface area contributed by atoms with Crippen molar-refractivity contribution in [1.29, 1.82) is 0 Å². The molecule has 0 radical (unpaired) electrons. The van der Waals surface area contributed by atoms with E-state index >= 15 is 0 Å². The van der Waals surface area contributed by atoms with Crippen LogP contribution < -0.4 is 9.47 Å². The maximum absolute atomic E-state index is 11.7. The molecule has 3 nitrogen and oxygen atoms in total. The maximum Gasteiger partial charge on any atom is 0.171 e. The van der Waals surface area contributed by atoms with Gasteiger partial charge in [-0.25, -0.2) is 0 Å². The van der Waals surface area contributed by atoms with Gasteiger partial charge in [0.25, 0.3) is 0 Å². The third kappa shape index (κ3) is 26.1. The van der Waals surface area contributed by atoms with E-state index in [9.17, 15) is 4.79 Å². The van der Waals surface area contributed by atoms with Crippen molar-refractivity contribution in [2.24, 2.45) is 0 Å². The minimum atomic E-state index is 0.586. The van der Waals surface area contributed by atoms with E-state index in [1.165, 1.54) is 167 Å². The molecule has 0 saturated carbocycles. The first-order chi connectivity index (χ1) is 22.8. The van der Waals surface area contributed by atoms with E-state index in [0.717, 1.165) is 19.1 Å². The van der Waals surface area contributed by atoms with E-state index in [1.807, 2.05) is 18.2 Å². The minimum absolute atomic E-state index is 0.586. The fraction of sp³-hybridized carbons (Fsp3) is 0.744. The third-order valence-corrected chi connectivity index (χ3v) is 8.95. The van der Waals surface area contributed by atoms with Gasteiger partial charge in [-0.15, -0.1) is 0 Å². The Morgan fingerprint density at radius 3 is 1.24 bits per heavy atom. The van der Waals surface area contributed by atoms with Gasteiger partial charge in [0, 0.05) is 0 Å². The summed E-state index contributed by atoms with van der Waals surface area (Å²) in [6.07, 6.45) is 46.7. The van der Waals surface area contributed by atoms with E-state index in [1.54, 1.807) is 0 Å². The Morgan fingerprint density at radius 2 is 0.826 bits per heavy atom. The largest absolute Gasteiger partial charge is 0.490 e. The Morgan fingerprint density at radius 1 is 0.457 bits per heavy atom. The molecule has 0 bridgehead atoms. The first kappa shape index (κ1) is 42.0. The van der Waals surface area contributed by atoms with Crippen molar-refractivity contribution < 1.29 is 14.3 Å². The van der Waals surface area contributed by atoms with E-state index in [4.69, 9.17) is 9.47 Å². The second-order valence-electron chi connectivity index (χ2n) is 13.4. The van der Waals surface area contributed by atoms with Crippen molar-refractivity contribution in [2.75, 3.05) is 13.2 Å². The fourth-order valence-electron chi connectivity index (χ4n) is 5.95. The molecule has 0 saturated heterocycles. The van der Waals surface area contributed by atoms with Gasteiger partial charge in [-0.1, -0.05) is 160 Å². The van der Waals surface area contributed by atoms with Gasteiger partial charge in [-0.3, -0.25) is 4.79 Å². The number of para-hydroxylation sites is 1. The minimum Gasteiger partial charge on any atom is -0.490 e. The number of carbonyl (C=O) groups excluding carboxylic acids is 1. The monoisotopic (exact) mass is 639 g/mol. The van der Waals surface area contributed by atoms with Gasteiger partial charge < -0.3 is 9.47 Å². The van der Waals surface area contributed by atoms with Crippen LogP contribution in [-0.2, 0) is 0 Å². The van der Waals surface area contributed by atoms with Gasteiger partial charge in [-0.2, -0.15) is 0 Å². The molecule has 0 atom stereocenters. The van der Waals surface area contributed by atoms with Crippen LogP contribution >= 0.6 is 0 Å². The molecule has 0 unspecified atom stereocenters. The number of hydrogen-bond acceptors (Lipinski definition) is 3. The van der Waals surface area contributed by atoms with Crippen LogP contribution in [0.4, 0.5) is 0 Å². The normalized spacial score (nSPS) is 11.6. The van der Waals surface area contributed by atoms with Crippen molar-refractivity contribution in [3.05, 3.63) is 48.1 Å². The molecule has 3 heteroatoms. The molecule has 0 amide bonds. The lowest BCUT2D eigenvalue weighted by Crippen LogP contribution is -2.05. The summed E-state index contributed by atoms with van der Waals surface area (Å²) in [5, 5.41) is 0. The molecular weight excluding hydrogens is 564 g/mol. The van der Waals surface area contributed by atoms with Crippen LogP contribution in [0.15, 0.2) is 42.5 Å². The number of allylic oxidation sites excluding steroid dienone is 4. The number of ether oxygens (including phenoxy) is 2. The molecule has 264 valence electrons. The average molecular weight is 639 g/mol. The molecule has 0 aromatic heterocycles. The molecule has 0 aliphatic carbocycles. The quantitative estimate of drug-likeness (QED) is 0.0421. The van der Waals surface area contributed by atoms with Crippen molar-refractivity contribution >= 4 is 6.29 Å². The molecular formula is C43H74O3. The Hall–Kier alpha value is -2.03. The molecule has 1 rings (SSSR count). The number of unbranched alkanes of at least 4 members (excludes halogenated alkanes) is 24. The molecule has 0 fully saturated rings. The first-order valence-corrected chi connectivity index (χ1v) is 20.0. The van der Waals surface area contributed by atoms with Gasteiger partial charge in [0.1, 0.15) is 0 Å². The summed E-state index contributed by atoms with van der Waals surface area (Å²) in [4.78, 5) is 11.7. The van der Waals surface area contributed by atoms with Crippen LogP contribution in [0, 0.1) is 0 Å². The molecule has 46 heavy (non-hydrogen) atoms. The smallest absolute Gasteiger partial charge is 0.171 e. The summed E-state index contributed by atoms with van der Waals surface area (Å²) in [6, 6.07) is 5.64. The van der Waals surface area contributed by atoms with E-state index < -0.39 is 0 Å². The number of benzene rings is 1. The highest BCUT2D eigenvalue weighted by molar-refractivity contribution is 5.81. The summed E-state index contributed by atoms with van der Waals surface area (Å²) in [5.41, 5.74) is 0.586. The van der Waals surface area contributed by atoms with Crippen molar-refractivity contribution in [1.82, 2.24) is 0 Å². The van der Waals surface area contributed by atoms with Crippen LogP contribution in [0.1, 0.15) is 204 Å². The standard InChI is InChI=1S/C43H74O3/c1-3-5-7-9-11-13-15-17-19-21-23-25-27-29-31-33-38-45-42-37-35-36-41(40-44)43(42)46-39-34-32-30-28-26-24-22-20-18-16-14-12-10-8-6-4-2/h17-20,35-37,40H,3-16,21-34,38-39H2,1-2H3/b19-17-,20-18-. The Kier molecular flexibility index (Phi) is 31.3. The number of carbonyl (C=O) groups is 1. The van der Waals surface area contributed by atoms with Crippen LogP contribution in [0.2, 0.25) is 0 Å². The first-order valence-electron chi connectivity index (χ1n) is 20.0. The summed E-state index contributed by atoms with van der Waals surface area (Å²) >= 11 is 0. The highest BCUT2D eigenvalue weighted by Crippen LogP contribution is 2.31. The van der Waals surface area contributed by atoms with Gasteiger partial charge >= 0.3 is 0 Å². The Balaban J connectivity index is 2.04. The zero-order valence-electron chi connectivity index (χ0n) is 30.6. The predicted molar refractivity (Wildman–Crippen MR) is 202 cm³/mol. The van der Waals surface area contributed by atoms with Gasteiger partial charge in [0.05, 0.1) is 18.8 Å². The topological polar surface area (TPSA) is 35.5 Å². The van der Waals surface area contributed by atoms with Crippen molar-refractivity contribution in [3.63, 3.8) is 0 Å². The van der Waals surface area contributed by atoms with Crippen LogP contribution in [0.3, 0.4) is 0 Å². The molecule has 0 N–H and O–H groups in total. The summed E-state index contributed by atoms with van der Waals surface area (Å²) < 4.78 is 12.2. The number of rotatable bonds is 35. The molecule has 0 aliphatic heterocycles. The van der Waals surface area contributed by atoms with Crippen molar-refractivity contribution in [3.8, 4) is 11.5 Å².